The molecule has 2 aliphatic heterocycles. The lowest BCUT2D eigenvalue weighted by Crippen LogP contribution is -2.67. The zero-order valence-corrected chi connectivity index (χ0v) is 17.8. The van der Waals surface area contributed by atoms with Gasteiger partial charge in [-0.25, -0.2) is 8.78 Å². The van der Waals surface area contributed by atoms with Gasteiger partial charge in [-0.15, -0.1) is 0 Å². The van der Waals surface area contributed by atoms with Gasteiger partial charge in [0.15, 0.2) is 0 Å². The molecule has 1 aliphatic carbocycles. The van der Waals surface area contributed by atoms with E-state index in [-0.39, 0.29) is 40.7 Å². The van der Waals surface area contributed by atoms with E-state index in [4.69, 9.17) is 4.74 Å². The van der Waals surface area contributed by atoms with Crippen LogP contribution in [0.1, 0.15) is 31.7 Å². The lowest BCUT2D eigenvalue weighted by molar-refractivity contribution is -0.133. The van der Waals surface area contributed by atoms with Gasteiger partial charge >= 0.3 is 0 Å². The number of carbonyl (C=O) groups is 1. The number of hydrogen-bond acceptors (Lipinski definition) is 3. The van der Waals surface area contributed by atoms with Gasteiger partial charge in [0.25, 0.3) is 0 Å². The summed E-state index contributed by atoms with van der Waals surface area (Å²) in [6.45, 7) is 2.64. The number of ether oxygens (including phenoxy) is 1. The Morgan fingerprint density at radius 3 is 2.28 bits per heavy atom. The third-order valence-corrected chi connectivity index (χ3v) is 7.10. The molecule has 2 aromatic carbocycles. The molecule has 2 fully saturated rings. The van der Waals surface area contributed by atoms with E-state index in [9.17, 15) is 18.7 Å². The molecule has 32 heavy (non-hydrogen) atoms. The Labute approximate surface area is 185 Å². The number of benzene rings is 2. The van der Waals surface area contributed by atoms with Gasteiger partial charge in [0, 0.05) is 11.1 Å². The highest BCUT2D eigenvalue weighted by atomic mass is 19.1. The van der Waals surface area contributed by atoms with Crippen LogP contribution in [0.4, 0.5) is 14.5 Å². The van der Waals surface area contributed by atoms with Crippen molar-refractivity contribution in [3.05, 3.63) is 89.7 Å². The van der Waals surface area contributed by atoms with Gasteiger partial charge in [-0.1, -0.05) is 25.1 Å². The smallest absolute Gasteiger partial charge is 0.232 e. The fourth-order valence-corrected chi connectivity index (χ4v) is 5.11. The van der Waals surface area contributed by atoms with Crippen molar-refractivity contribution in [2.75, 3.05) is 11.5 Å². The van der Waals surface area contributed by atoms with Crippen molar-refractivity contribution in [2.24, 2.45) is 11.3 Å². The van der Waals surface area contributed by atoms with Crippen LogP contribution < -0.4 is 4.90 Å². The first kappa shape index (κ1) is 20.9. The van der Waals surface area contributed by atoms with Crippen LogP contribution in [0.25, 0.3) is 0 Å². The average Bonchev–Trinajstić information content (AvgIpc) is 3.57. The van der Waals surface area contributed by atoms with Gasteiger partial charge in [0.1, 0.15) is 23.0 Å². The highest BCUT2D eigenvalue weighted by molar-refractivity contribution is 6.03. The van der Waals surface area contributed by atoms with Crippen LogP contribution in [-0.4, -0.2) is 23.7 Å². The summed E-state index contributed by atoms with van der Waals surface area (Å²) in [5.41, 5.74) is 0.763. The summed E-state index contributed by atoms with van der Waals surface area (Å²) in [5.74, 6) is -0.643. The molecule has 0 bridgehead atoms. The predicted octanol–water partition coefficient (Wildman–Crippen LogP) is 5.41. The van der Waals surface area contributed by atoms with Crippen molar-refractivity contribution in [1.82, 2.24) is 0 Å². The summed E-state index contributed by atoms with van der Waals surface area (Å²) in [5, 5.41) is 9.82. The van der Waals surface area contributed by atoms with E-state index in [0.29, 0.717) is 31.6 Å². The van der Waals surface area contributed by atoms with Crippen LogP contribution in [0, 0.1) is 23.0 Å². The molecule has 2 heterocycles. The summed E-state index contributed by atoms with van der Waals surface area (Å²) in [4.78, 5) is 15.0. The average molecular weight is 437 g/mol. The molecular weight excluding hydrogens is 412 g/mol. The van der Waals surface area contributed by atoms with Crippen LogP contribution >= 0.6 is 0 Å². The number of carbonyl (C=O) groups excluding carboxylic acids is 1. The van der Waals surface area contributed by atoms with E-state index in [1.165, 1.54) is 24.3 Å². The predicted molar refractivity (Wildman–Crippen MR) is 117 cm³/mol. The third-order valence-electron chi connectivity index (χ3n) is 7.10. The van der Waals surface area contributed by atoms with Crippen molar-refractivity contribution >= 4 is 11.6 Å². The molecule has 2 aromatic rings. The number of hydrogen-bond donors (Lipinski definition) is 1. The fraction of sp³-hybridized carbons (Fsp3) is 0.346. The molecule has 1 amide bonds. The molecule has 166 valence electrons. The van der Waals surface area contributed by atoms with Gasteiger partial charge in [0.05, 0.1) is 18.6 Å². The Balaban J connectivity index is 1.39. The SMILES string of the molecule is CC1(C2[C@@H](CCC3(c4ccc(F)cc4)CO3)C(=O)N2c2ccc(F)cc2)C=CC(O)=CC1. The molecule has 2 saturated heterocycles. The molecule has 0 saturated carbocycles. The summed E-state index contributed by atoms with van der Waals surface area (Å²) >= 11 is 0. The monoisotopic (exact) mass is 437 g/mol. The number of rotatable bonds is 6. The minimum atomic E-state index is -0.462. The summed E-state index contributed by atoms with van der Waals surface area (Å²) in [7, 11) is 0. The first-order valence-electron chi connectivity index (χ1n) is 10.9. The zero-order valence-electron chi connectivity index (χ0n) is 17.8. The lowest BCUT2D eigenvalue weighted by Gasteiger charge is -2.55. The van der Waals surface area contributed by atoms with E-state index in [2.05, 4.69) is 6.92 Å². The number of nitrogens with zero attached hydrogens (tertiary/aromatic N) is 1. The number of allylic oxidation sites excluding steroid dienone is 2. The second kappa shape index (κ2) is 7.55. The molecule has 4 atom stereocenters. The number of aliphatic hydroxyl groups is 1. The van der Waals surface area contributed by atoms with Crippen LogP contribution in [0.2, 0.25) is 0 Å². The molecular formula is C26H25F2NO3. The number of β-lactam (4-membered cyclic amide) rings is 1. The number of halogens is 2. The maximum absolute atomic E-state index is 13.5. The van der Waals surface area contributed by atoms with Crippen LogP contribution in [-0.2, 0) is 15.1 Å². The van der Waals surface area contributed by atoms with Crippen LogP contribution in [0.15, 0.2) is 72.5 Å². The molecule has 0 aromatic heterocycles. The number of amides is 1. The lowest BCUT2D eigenvalue weighted by atomic mass is 9.64. The van der Waals surface area contributed by atoms with E-state index < -0.39 is 5.60 Å². The van der Waals surface area contributed by atoms with Gasteiger partial charge in [-0.3, -0.25) is 4.79 Å². The van der Waals surface area contributed by atoms with Crippen molar-refractivity contribution in [3.63, 3.8) is 0 Å². The number of anilines is 1. The first-order chi connectivity index (χ1) is 15.3. The standard InChI is InChI=1S/C26H25F2NO3/c1-25(13-10-21(30)11-14-25)23-22(24(31)29(23)20-8-6-19(28)7-9-20)12-15-26(16-32-26)17-2-4-18(27)5-3-17/h2-11,13,22-23,30H,12,14-16H2,1H3/t22-,23?,25?,26?/m1/s1. The largest absolute Gasteiger partial charge is 0.508 e. The molecule has 3 aliphatic rings. The van der Waals surface area contributed by atoms with Crippen molar-refractivity contribution in [3.8, 4) is 0 Å². The minimum absolute atomic E-state index is 0.00455. The molecule has 6 heteroatoms. The van der Waals surface area contributed by atoms with Gasteiger partial charge in [-0.2, -0.15) is 0 Å². The maximum atomic E-state index is 13.5. The van der Waals surface area contributed by atoms with E-state index >= 15 is 0 Å². The zero-order chi connectivity index (χ0) is 22.5. The summed E-state index contributed by atoms with van der Waals surface area (Å²) < 4.78 is 32.6. The fourth-order valence-electron chi connectivity index (χ4n) is 5.11. The number of aliphatic hydroxyl groups excluding tert-OH is 1. The van der Waals surface area contributed by atoms with Crippen LogP contribution in [0.5, 0.6) is 0 Å². The van der Waals surface area contributed by atoms with Crippen molar-refractivity contribution < 1.29 is 23.4 Å². The first-order valence-corrected chi connectivity index (χ1v) is 10.9. The quantitative estimate of drug-likeness (QED) is 0.486. The molecule has 3 unspecified atom stereocenters. The highest BCUT2D eigenvalue weighted by Gasteiger charge is 2.57. The molecule has 1 N–H and O–H groups in total. The Bertz CT molecular complexity index is 1090. The van der Waals surface area contributed by atoms with E-state index in [1.54, 1.807) is 41.3 Å². The molecule has 0 radical (unpaired) electrons. The topological polar surface area (TPSA) is 53.1 Å². The Morgan fingerprint density at radius 1 is 1.09 bits per heavy atom. The second-order valence-electron chi connectivity index (χ2n) is 9.24. The second-order valence-corrected chi connectivity index (χ2v) is 9.24. The molecule has 0 spiro atoms. The third kappa shape index (κ3) is 3.52. The minimum Gasteiger partial charge on any atom is -0.508 e. The summed E-state index contributed by atoms with van der Waals surface area (Å²) in [6.07, 6.45) is 7.29. The van der Waals surface area contributed by atoms with E-state index in [1.807, 2.05) is 6.08 Å². The van der Waals surface area contributed by atoms with Gasteiger partial charge < -0.3 is 14.7 Å². The molecule has 5 rings (SSSR count). The normalized spacial score (nSPS) is 31.3. The Morgan fingerprint density at radius 2 is 1.72 bits per heavy atom. The Hall–Kier alpha value is -2.99. The number of epoxide rings is 1. The van der Waals surface area contributed by atoms with Gasteiger partial charge in [-0.05, 0) is 73.4 Å². The van der Waals surface area contributed by atoms with Gasteiger partial charge in [0.2, 0.25) is 5.91 Å². The molecule has 4 nitrogen and oxygen atoms in total. The summed E-state index contributed by atoms with van der Waals surface area (Å²) in [6, 6.07) is 12.2. The highest BCUT2D eigenvalue weighted by Crippen LogP contribution is 2.51. The maximum Gasteiger partial charge on any atom is 0.232 e. The van der Waals surface area contributed by atoms with Crippen molar-refractivity contribution in [1.29, 1.82) is 0 Å². The van der Waals surface area contributed by atoms with E-state index in [0.717, 1.165) is 5.56 Å². The Kier molecular flexibility index (Phi) is 4.93. The van der Waals surface area contributed by atoms with Crippen molar-refractivity contribution in [2.45, 2.75) is 37.8 Å². The van der Waals surface area contributed by atoms with Crippen LogP contribution in [0.3, 0.4) is 0 Å².